The van der Waals surface area contributed by atoms with Gasteiger partial charge in [-0.05, 0) is 18.2 Å². The minimum Gasteiger partial charge on any atom is -0.324 e. The van der Waals surface area contributed by atoms with Crippen LogP contribution in [0.5, 0.6) is 0 Å². The summed E-state index contributed by atoms with van der Waals surface area (Å²) in [5.41, 5.74) is 5.13. The number of rotatable bonds is 3. The van der Waals surface area contributed by atoms with E-state index in [-0.39, 0.29) is 12.0 Å². The fourth-order valence-electron chi connectivity index (χ4n) is 1.83. The molecule has 0 amide bonds. The Balaban J connectivity index is 2.27. The van der Waals surface area contributed by atoms with E-state index in [1.165, 1.54) is 4.68 Å². The molecule has 1 unspecified atom stereocenters. The molecular formula is C12H12F4N4. The first-order valence-corrected chi connectivity index (χ1v) is 5.75. The number of hydrogen-bond donors (Lipinski definition) is 1. The van der Waals surface area contributed by atoms with Crippen molar-refractivity contribution in [3.05, 3.63) is 47.0 Å². The van der Waals surface area contributed by atoms with Crippen molar-refractivity contribution in [2.45, 2.75) is 18.6 Å². The van der Waals surface area contributed by atoms with Crippen LogP contribution in [0.15, 0.2) is 24.4 Å². The van der Waals surface area contributed by atoms with Gasteiger partial charge >= 0.3 is 6.18 Å². The maximum atomic E-state index is 13.6. The highest BCUT2D eigenvalue weighted by atomic mass is 19.4. The molecule has 0 radical (unpaired) electrons. The normalized spacial score (nSPS) is 13.5. The van der Waals surface area contributed by atoms with E-state index < -0.39 is 23.6 Å². The van der Waals surface area contributed by atoms with E-state index in [0.29, 0.717) is 11.8 Å². The number of alkyl halides is 3. The Hall–Kier alpha value is -1.96. The molecular weight excluding hydrogens is 276 g/mol. The molecule has 0 fully saturated rings. The molecule has 0 saturated carbocycles. The summed E-state index contributed by atoms with van der Waals surface area (Å²) in [6.07, 6.45) is -2.85. The molecule has 8 heteroatoms. The maximum Gasteiger partial charge on any atom is 0.416 e. The first-order valence-electron chi connectivity index (χ1n) is 5.75. The van der Waals surface area contributed by atoms with Crippen LogP contribution in [0.2, 0.25) is 0 Å². The average Bonchev–Trinajstić information content (AvgIpc) is 2.73. The van der Waals surface area contributed by atoms with Crippen molar-refractivity contribution < 1.29 is 17.6 Å². The van der Waals surface area contributed by atoms with Crippen LogP contribution in [-0.4, -0.2) is 15.0 Å². The molecule has 108 valence electrons. The molecule has 2 N–H and O–H groups in total. The number of benzene rings is 1. The van der Waals surface area contributed by atoms with Crippen molar-refractivity contribution >= 4 is 0 Å². The van der Waals surface area contributed by atoms with Gasteiger partial charge in [-0.2, -0.15) is 13.2 Å². The minimum atomic E-state index is -4.53. The molecule has 1 aromatic carbocycles. The Labute approximate surface area is 112 Å². The third-order valence-electron chi connectivity index (χ3n) is 2.80. The van der Waals surface area contributed by atoms with Crippen LogP contribution in [0.25, 0.3) is 0 Å². The Bertz CT molecular complexity index is 606. The van der Waals surface area contributed by atoms with Crippen molar-refractivity contribution in [1.29, 1.82) is 0 Å². The standard InChI is InChI=1S/C12H12F4N4/c1-20-6-8(18-19-20)5-11(17)9-4-7(12(14,15)16)2-3-10(9)13/h2-4,6,11H,5,17H2,1H3. The molecule has 0 spiro atoms. The third-order valence-corrected chi connectivity index (χ3v) is 2.80. The van der Waals surface area contributed by atoms with Crippen LogP contribution in [0.3, 0.4) is 0 Å². The molecule has 1 heterocycles. The lowest BCUT2D eigenvalue weighted by Crippen LogP contribution is -2.17. The number of nitrogens with zero attached hydrogens (tertiary/aromatic N) is 3. The molecule has 2 rings (SSSR count). The van der Waals surface area contributed by atoms with Gasteiger partial charge in [0.2, 0.25) is 0 Å². The molecule has 1 aromatic heterocycles. The van der Waals surface area contributed by atoms with E-state index in [2.05, 4.69) is 10.3 Å². The van der Waals surface area contributed by atoms with Gasteiger partial charge in [0.05, 0.1) is 11.3 Å². The van der Waals surface area contributed by atoms with Crippen LogP contribution in [0, 0.1) is 5.82 Å². The van der Waals surface area contributed by atoms with E-state index >= 15 is 0 Å². The van der Waals surface area contributed by atoms with Crippen molar-refractivity contribution in [1.82, 2.24) is 15.0 Å². The third kappa shape index (κ3) is 3.13. The number of halogens is 4. The van der Waals surface area contributed by atoms with Crippen molar-refractivity contribution in [3.63, 3.8) is 0 Å². The van der Waals surface area contributed by atoms with Crippen molar-refractivity contribution in [3.8, 4) is 0 Å². The quantitative estimate of drug-likeness (QED) is 0.881. The van der Waals surface area contributed by atoms with Crippen molar-refractivity contribution in [2.24, 2.45) is 12.8 Å². The van der Waals surface area contributed by atoms with Gasteiger partial charge < -0.3 is 5.73 Å². The lowest BCUT2D eigenvalue weighted by atomic mass is 10.00. The largest absolute Gasteiger partial charge is 0.416 e. The topological polar surface area (TPSA) is 56.7 Å². The summed E-state index contributed by atoms with van der Waals surface area (Å²) in [7, 11) is 1.65. The number of nitrogens with two attached hydrogens (primary N) is 1. The summed E-state index contributed by atoms with van der Waals surface area (Å²) < 4.78 is 52.9. The molecule has 0 saturated heterocycles. The van der Waals surface area contributed by atoms with Crippen LogP contribution in [-0.2, 0) is 19.6 Å². The fraction of sp³-hybridized carbons (Fsp3) is 0.333. The zero-order valence-electron chi connectivity index (χ0n) is 10.5. The highest BCUT2D eigenvalue weighted by Gasteiger charge is 2.31. The second kappa shape index (κ2) is 5.20. The highest BCUT2D eigenvalue weighted by molar-refractivity contribution is 5.30. The Morgan fingerprint density at radius 2 is 2.05 bits per heavy atom. The van der Waals surface area contributed by atoms with Gasteiger partial charge in [-0.25, -0.2) is 4.39 Å². The zero-order valence-corrected chi connectivity index (χ0v) is 10.5. The Kier molecular flexibility index (Phi) is 3.76. The number of hydrogen-bond acceptors (Lipinski definition) is 3. The summed E-state index contributed by atoms with van der Waals surface area (Å²) in [6, 6.07) is 1.27. The van der Waals surface area contributed by atoms with Crippen LogP contribution in [0.4, 0.5) is 17.6 Å². The minimum absolute atomic E-state index is 0.103. The summed E-state index contributed by atoms with van der Waals surface area (Å²) in [6.45, 7) is 0. The van der Waals surface area contributed by atoms with Crippen LogP contribution < -0.4 is 5.73 Å². The fourth-order valence-corrected chi connectivity index (χ4v) is 1.83. The van der Waals surface area contributed by atoms with E-state index in [4.69, 9.17) is 5.73 Å². The molecule has 1 atom stereocenters. The molecule has 2 aromatic rings. The SMILES string of the molecule is Cn1cc(CC(N)c2cc(C(F)(F)F)ccc2F)nn1. The van der Waals surface area contributed by atoms with E-state index in [9.17, 15) is 17.6 Å². The van der Waals surface area contributed by atoms with Crippen molar-refractivity contribution in [2.75, 3.05) is 0 Å². The average molecular weight is 288 g/mol. The van der Waals surface area contributed by atoms with E-state index in [1.54, 1.807) is 13.2 Å². The van der Waals surface area contributed by atoms with Crippen LogP contribution in [0.1, 0.15) is 22.9 Å². The lowest BCUT2D eigenvalue weighted by molar-refractivity contribution is -0.137. The highest BCUT2D eigenvalue weighted by Crippen LogP contribution is 2.31. The first kappa shape index (κ1) is 14.4. The number of aromatic nitrogens is 3. The summed E-state index contributed by atoms with van der Waals surface area (Å²) in [5.74, 6) is -0.769. The maximum absolute atomic E-state index is 13.6. The van der Waals surface area contributed by atoms with Gasteiger partial charge in [-0.3, -0.25) is 4.68 Å². The second-order valence-electron chi connectivity index (χ2n) is 4.43. The first-order chi connectivity index (χ1) is 9.27. The monoisotopic (exact) mass is 288 g/mol. The van der Waals surface area contributed by atoms with Gasteiger partial charge in [-0.15, -0.1) is 5.10 Å². The number of aryl methyl sites for hydroxylation is 1. The van der Waals surface area contributed by atoms with E-state index in [1.807, 2.05) is 0 Å². The molecule has 0 aliphatic carbocycles. The van der Waals surface area contributed by atoms with E-state index in [0.717, 1.165) is 12.1 Å². The van der Waals surface area contributed by atoms with Crippen LogP contribution >= 0.6 is 0 Å². The molecule has 0 aliphatic heterocycles. The summed E-state index contributed by atoms with van der Waals surface area (Å²) in [4.78, 5) is 0. The van der Waals surface area contributed by atoms with Gasteiger partial charge in [0.25, 0.3) is 0 Å². The van der Waals surface area contributed by atoms with Gasteiger partial charge in [-0.1, -0.05) is 5.21 Å². The smallest absolute Gasteiger partial charge is 0.324 e. The molecule has 0 aliphatic rings. The predicted octanol–water partition coefficient (Wildman–Crippen LogP) is 2.22. The Morgan fingerprint density at radius 1 is 1.35 bits per heavy atom. The molecule has 0 bridgehead atoms. The summed E-state index contributed by atoms with van der Waals surface area (Å²) >= 11 is 0. The van der Waals surface area contributed by atoms with Gasteiger partial charge in [0, 0.05) is 31.3 Å². The van der Waals surface area contributed by atoms with Gasteiger partial charge in [0.1, 0.15) is 5.82 Å². The molecule has 20 heavy (non-hydrogen) atoms. The Morgan fingerprint density at radius 3 is 2.60 bits per heavy atom. The lowest BCUT2D eigenvalue weighted by Gasteiger charge is -2.14. The van der Waals surface area contributed by atoms with Gasteiger partial charge in [0.15, 0.2) is 0 Å². The zero-order chi connectivity index (χ0) is 14.9. The molecule has 4 nitrogen and oxygen atoms in total. The predicted molar refractivity (Wildman–Crippen MR) is 63.0 cm³/mol. The summed E-state index contributed by atoms with van der Waals surface area (Å²) in [5, 5.41) is 7.45. The second-order valence-corrected chi connectivity index (χ2v) is 4.43.